The van der Waals surface area contributed by atoms with Crippen molar-refractivity contribution in [2.24, 2.45) is 0 Å². The van der Waals surface area contributed by atoms with Gasteiger partial charge in [0.05, 0.1) is 0 Å². The lowest BCUT2D eigenvalue weighted by atomic mass is 9.85. The van der Waals surface area contributed by atoms with Gasteiger partial charge in [0.25, 0.3) is 0 Å². The maximum Gasteiger partial charge on any atom is 0.129 e. The van der Waals surface area contributed by atoms with Crippen molar-refractivity contribution in [2.45, 2.75) is 65.5 Å². The monoisotopic (exact) mass is 326 g/mol. The second-order valence-electron chi connectivity index (χ2n) is 9.05. The zero-order chi connectivity index (χ0) is 17.2. The molecule has 0 saturated carbocycles. The minimum Gasteiger partial charge on any atom is -0.127 e. The van der Waals surface area contributed by atoms with Crippen molar-refractivity contribution in [3.05, 3.63) is 34.9 Å². The number of benzene rings is 1. The predicted octanol–water partition coefficient (Wildman–Crippen LogP) is 5.44. The van der Waals surface area contributed by atoms with Crippen LogP contribution < -0.4 is 0 Å². The molecule has 0 bridgehead atoms. The van der Waals surface area contributed by atoms with Crippen LogP contribution in [0.2, 0.25) is 39.3 Å². The average Bonchev–Trinajstić information content (AvgIpc) is 2.31. The molecule has 0 aliphatic heterocycles. The Morgan fingerprint density at radius 3 is 1.32 bits per heavy atom. The highest BCUT2D eigenvalue weighted by Crippen LogP contribution is 2.24. The molecule has 1 rings (SSSR count). The van der Waals surface area contributed by atoms with Gasteiger partial charge in [-0.3, -0.25) is 0 Å². The zero-order valence-corrected chi connectivity index (χ0v) is 17.7. The minimum absolute atomic E-state index is 0.118. The fourth-order valence-corrected chi connectivity index (χ4v) is 2.76. The largest absolute Gasteiger partial charge is 0.129 e. The first kappa shape index (κ1) is 18.8. The fourth-order valence-electron chi connectivity index (χ4n) is 1.72. The molecule has 1 aromatic carbocycles. The Morgan fingerprint density at radius 1 is 0.682 bits per heavy atom. The lowest BCUT2D eigenvalue weighted by Gasteiger charge is -2.20. The van der Waals surface area contributed by atoms with Crippen LogP contribution in [0.5, 0.6) is 0 Å². The topological polar surface area (TPSA) is 0 Å². The maximum atomic E-state index is 3.47. The lowest BCUT2D eigenvalue weighted by molar-refractivity contribution is 0.590. The molecule has 0 spiro atoms. The SMILES string of the molecule is CC(C)(C)c1cc(C#C[Si](C)(C)C)cc(C#C[Si](C)(C)C)c1. The van der Waals surface area contributed by atoms with Gasteiger partial charge in [-0.15, -0.1) is 11.1 Å². The van der Waals surface area contributed by atoms with Gasteiger partial charge in [-0.2, -0.15) is 0 Å². The zero-order valence-electron chi connectivity index (χ0n) is 15.7. The highest BCUT2D eigenvalue weighted by atomic mass is 28.3. The van der Waals surface area contributed by atoms with Gasteiger partial charge < -0.3 is 0 Å². The lowest BCUT2D eigenvalue weighted by Crippen LogP contribution is -2.17. The van der Waals surface area contributed by atoms with E-state index in [9.17, 15) is 0 Å². The van der Waals surface area contributed by atoms with Gasteiger partial charge in [-0.1, -0.05) is 71.9 Å². The first-order valence-electron chi connectivity index (χ1n) is 7.98. The van der Waals surface area contributed by atoms with E-state index < -0.39 is 16.1 Å². The van der Waals surface area contributed by atoms with Crippen molar-refractivity contribution in [1.82, 2.24) is 0 Å². The quantitative estimate of drug-likeness (QED) is 0.440. The second-order valence-corrected chi connectivity index (χ2v) is 18.5. The molecule has 0 radical (unpaired) electrons. The highest BCUT2D eigenvalue weighted by Gasteiger charge is 2.15. The molecule has 0 unspecified atom stereocenters. The van der Waals surface area contributed by atoms with E-state index in [-0.39, 0.29) is 5.41 Å². The van der Waals surface area contributed by atoms with Crippen LogP contribution in [0.3, 0.4) is 0 Å². The van der Waals surface area contributed by atoms with Gasteiger partial charge in [-0.25, -0.2) is 0 Å². The summed E-state index contributed by atoms with van der Waals surface area (Å²) in [5, 5.41) is 0. The fraction of sp³-hybridized carbons (Fsp3) is 0.500. The summed E-state index contributed by atoms with van der Waals surface area (Å²) in [6.45, 7) is 20.4. The van der Waals surface area contributed by atoms with E-state index in [1.54, 1.807) is 0 Å². The van der Waals surface area contributed by atoms with Crippen molar-refractivity contribution in [1.29, 1.82) is 0 Å². The molecule has 0 saturated heterocycles. The summed E-state index contributed by atoms with van der Waals surface area (Å²) in [6, 6.07) is 6.61. The summed E-state index contributed by atoms with van der Waals surface area (Å²) >= 11 is 0. The first-order valence-corrected chi connectivity index (χ1v) is 15.0. The summed E-state index contributed by atoms with van der Waals surface area (Å²) in [4.78, 5) is 0. The molecule has 0 aliphatic carbocycles. The van der Waals surface area contributed by atoms with Crippen molar-refractivity contribution >= 4 is 16.1 Å². The molecule has 118 valence electrons. The Morgan fingerprint density at radius 2 is 1.05 bits per heavy atom. The van der Waals surface area contributed by atoms with Gasteiger partial charge >= 0.3 is 0 Å². The highest BCUT2D eigenvalue weighted by molar-refractivity contribution is 6.84. The third-order valence-electron chi connectivity index (χ3n) is 2.96. The van der Waals surface area contributed by atoms with E-state index in [1.165, 1.54) is 5.56 Å². The Labute approximate surface area is 139 Å². The molecule has 0 heterocycles. The standard InChI is InChI=1S/C20H30Si2/c1-20(2,3)19-15-17(10-12-21(4,5)6)14-18(16-19)11-13-22(7,8)9/h14-16H,1-9H3. The third-order valence-corrected chi connectivity index (χ3v) is 4.71. The van der Waals surface area contributed by atoms with Gasteiger partial charge in [0.1, 0.15) is 16.1 Å². The molecule has 0 N–H and O–H groups in total. The molecular weight excluding hydrogens is 296 g/mol. The summed E-state index contributed by atoms with van der Waals surface area (Å²) in [5.41, 5.74) is 10.6. The van der Waals surface area contributed by atoms with E-state index in [4.69, 9.17) is 0 Å². The van der Waals surface area contributed by atoms with Gasteiger partial charge in [-0.05, 0) is 29.2 Å². The Bertz CT molecular complexity index is 604. The van der Waals surface area contributed by atoms with Crippen LogP contribution in [-0.2, 0) is 5.41 Å². The molecule has 0 aromatic heterocycles. The molecule has 0 amide bonds. The summed E-state index contributed by atoms with van der Waals surface area (Å²) in [6.07, 6.45) is 0. The van der Waals surface area contributed by atoms with Crippen LogP contribution in [0.1, 0.15) is 37.5 Å². The van der Waals surface area contributed by atoms with E-state index >= 15 is 0 Å². The molecular formula is C20H30Si2. The van der Waals surface area contributed by atoms with E-state index in [0.717, 1.165) is 11.1 Å². The third kappa shape index (κ3) is 7.16. The number of hydrogen-bond acceptors (Lipinski definition) is 0. The van der Waals surface area contributed by atoms with Crippen molar-refractivity contribution in [3.8, 4) is 22.9 Å². The normalized spacial score (nSPS) is 12.0. The van der Waals surface area contributed by atoms with Crippen LogP contribution in [0.25, 0.3) is 0 Å². The minimum atomic E-state index is -1.36. The Balaban J connectivity index is 3.39. The molecule has 2 heteroatoms. The van der Waals surface area contributed by atoms with Gasteiger partial charge in [0, 0.05) is 11.1 Å². The second kappa shape index (κ2) is 6.49. The van der Waals surface area contributed by atoms with Crippen molar-refractivity contribution in [3.63, 3.8) is 0 Å². The molecule has 0 nitrogen and oxygen atoms in total. The van der Waals surface area contributed by atoms with E-state index in [2.05, 4.69) is 101 Å². The Hall–Kier alpha value is -1.23. The summed E-state index contributed by atoms with van der Waals surface area (Å²) in [7, 11) is -2.72. The number of hydrogen-bond donors (Lipinski definition) is 0. The molecule has 1 aromatic rings. The van der Waals surface area contributed by atoms with E-state index in [0.29, 0.717) is 0 Å². The van der Waals surface area contributed by atoms with Crippen LogP contribution in [0.15, 0.2) is 18.2 Å². The first-order chi connectivity index (χ1) is 9.76. The van der Waals surface area contributed by atoms with Crippen LogP contribution in [0, 0.1) is 22.9 Å². The predicted molar refractivity (Wildman–Crippen MR) is 106 cm³/mol. The average molecular weight is 327 g/mol. The molecule has 0 aliphatic rings. The van der Waals surface area contributed by atoms with E-state index in [1.807, 2.05) is 0 Å². The van der Waals surface area contributed by atoms with Crippen molar-refractivity contribution < 1.29 is 0 Å². The van der Waals surface area contributed by atoms with Crippen LogP contribution in [0.4, 0.5) is 0 Å². The van der Waals surface area contributed by atoms with Crippen LogP contribution >= 0.6 is 0 Å². The number of rotatable bonds is 0. The van der Waals surface area contributed by atoms with Gasteiger partial charge in [0.2, 0.25) is 0 Å². The molecule has 0 atom stereocenters. The summed E-state index contributed by atoms with van der Waals surface area (Å²) < 4.78 is 0. The smallest absolute Gasteiger partial charge is 0.127 e. The Kier molecular flexibility index (Phi) is 5.55. The van der Waals surface area contributed by atoms with Crippen molar-refractivity contribution in [2.75, 3.05) is 0 Å². The maximum absolute atomic E-state index is 3.47. The van der Waals surface area contributed by atoms with Gasteiger partial charge in [0.15, 0.2) is 0 Å². The van der Waals surface area contributed by atoms with Crippen LogP contribution in [-0.4, -0.2) is 16.1 Å². The summed E-state index contributed by atoms with van der Waals surface area (Å²) in [5.74, 6) is 6.78. The molecule has 22 heavy (non-hydrogen) atoms. The molecule has 0 fully saturated rings.